The molecule has 63 heavy (non-hydrogen) atoms. The summed E-state index contributed by atoms with van der Waals surface area (Å²) in [5.41, 5.74) is -2.27. The van der Waals surface area contributed by atoms with Crippen molar-refractivity contribution in [2.75, 3.05) is 39.4 Å². The maximum atomic E-state index is 15.8. The number of Topliss-reactive ketones (excluding diaryl/α,β-unsaturated/α-hetero) is 2. The van der Waals surface area contributed by atoms with E-state index >= 15 is 14.4 Å². The smallest absolute Gasteiger partial charge is 0.303 e. The molecule has 0 radical (unpaired) electrons. The van der Waals surface area contributed by atoms with Gasteiger partial charge in [-0.2, -0.15) is 12.7 Å². The first-order chi connectivity index (χ1) is 29.8. The number of piperidine rings is 1. The number of hydrogen-bond acceptors (Lipinski definition) is 9. The number of hydrogen-bond donors (Lipinski definition) is 2. The van der Waals surface area contributed by atoms with Crippen molar-refractivity contribution in [3.8, 4) is 0 Å². The van der Waals surface area contributed by atoms with Gasteiger partial charge in [0.25, 0.3) is 0 Å². The lowest BCUT2D eigenvalue weighted by Crippen LogP contribution is -2.57. The van der Waals surface area contributed by atoms with Crippen LogP contribution >= 0.6 is 0 Å². The zero-order valence-corrected chi connectivity index (χ0v) is 40.4. The van der Waals surface area contributed by atoms with E-state index in [1.807, 2.05) is 0 Å². The molecule has 354 valence electrons. The van der Waals surface area contributed by atoms with Gasteiger partial charge in [-0.05, 0) is 113 Å². The highest BCUT2D eigenvalue weighted by molar-refractivity contribution is 7.87. The van der Waals surface area contributed by atoms with Crippen LogP contribution in [0.2, 0.25) is 0 Å². The van der Waals surface area contributed by atoms with E-state index in [2.05, 4.69) is 56.1 Å². The molecule has 3 amide bonds. The molecule has 3 heterocycles. The van der Waals surface area contributed by atoms with Crippen molar-refractivity contribution in [1.82, 2.24) is 24.1 Å². The van der Waals surface area contributed by atoms with Gasteiger partial charge < -0.3 is 15.0 Å². The Bertz CT molecular complexity index is 1880. The first-order valence-electron chi connectivity index (χ1n) is 24.7. The largest absolute Gasteiger partial charge is 0.381 e. The van der Waals surface area contributed by atoms with Gasteiger partial charge in [0, 0.05) is 57.1 Å². The molecular formula is C49H79N5O8S. The monoisotopic (exact) mass is 898 g/mol. The summed E-state index contributed by atoms with van der Waals surface area (Å²) < 4.78 is 35.9. The quantitative estimate of drug-likeness (QED) is 0.149. The molecule has 0 aromatic heterocycles. The zero-order valence-electron chi connectivity index (χ0n) is 39.6. The fourth-order valence-corrected chi connectivity index (χ4v) is 15.2. The number of fused-ring (bicyclic) bond motifs is 1. The molecular weight excluding hydrogens is 819 g/mol. The minimum Gasteiger partial charge on any atom is -0.381 e. The first kappa shape index (κ1) is 48.3. The Balaban J connectivity index is 1.20. The molecule has 14 heteroatoms. The molecule has 7 rings (SSSR count). The van der Waals surface area contributed by atoms with E-state index in [0.29, 0.717) is 45.4 Å². The lowest BCUT2D eigenvalue weighted by atomic mass is 9.67. The number of carbonyl (C=O) groups excluding carboxylic acids is 5. The minimum absolute atomic E-state index is 0.0103. The van der Waals surface area contributed by atoms with Gasteiger partial charge in [0.1, 0.15) is 0 Å². The minimum atomic E-state index is -4.14. The second-order valence-electron chi connectivity index (χ2n) is 21.9. The summed E-state index contributed by atoms with van der Waals surface area (Å²) >= 11 is 0. The first-order valence-corrected chi connectivity index (χ1v) is 26.2. The number of nitrogens with one attached hydrogen (secondary N) is 2. The number of rotatable bonds is 18. The number of nitrogens with zero attached hydrogens (tertiary/aromatic N) is 3. The average molecular weight is 898 g/mol. The summed E-state index contributed by atoms with van der Waals surface area (Å²) in [6.45, 7) is 20.8. The second-order valence-corrected chi connectivity index (χ2v) is 23.6. The van der Waals surface area contributed by atoms with E-state index in [0.717, 1.165) is 77.2 Å². The van der Waals surface area contributed by atoms with E-state index in [9.17, 15) is 18.0 Å². The van der Waals surface area contributed by atoms with Gasteiger partial charge in [-0.25, -0.2) is 4.72 Å². The Morgan fingerprint density at radius 1 is 0.857 bits per heavy atom. The molecule has 0 aromatic rings. The fourth-order valence-electron chi connectivity index (χ4n) is 14.0. The van der Waals surface area contributed by atoms with Gasteiger partial charge >= 0.3 is 10.2 Å². The fraction of sp³-hybridized carbons (Fsp3) is 0.857. The van der Waals surface area contributed by atoms with Crippen LogP contribution in [0.1, 0.15) is 158 Å². The zero-order chi connectivity index (χ0) is 45.8. The molecule has 3 saturated heterocycles. The lowest BCUT2D eigenvalue weighted by Gasteiger charge is -2.43. The van der Waals surface area contributed by atoms with E-state index in [1.54, 1.807) is 24.8 Å². The van der Waals surface area contributed by atoms with Crippen LogP contribution in [0, 0.1) is 44.8 Å². The highest BCUT2D eigenvalue weighted by Crippen LogP contribution is 2.88. The van der Waals surface area contributed by atoms with Crippen molar-refractivity contribution in [1.29, 1.82) is 0 Å². The topological polar surface area (TPSA) is 162 Å². The molecule has 2 N–H and O–H groups in total. The molecule has 2 spiro atoms. The Labute approximate surface area is 378 Å². The van der Waals surface area contributed by atoms with Crippen molar-refractivity contribution >= 4 is 39.5 Å². The van der Waals surface area contributed by atoms with Gasteiger partial charge in [0.15, 0.2) is 11.6 Å². The molecule has 0 unspecified atom stereocenters. The summed E-state index contributed by atoms with van der Waals surface area (Å²) in [6.07, 6.45) is 14.0. The van der Waals surface area contributed by atoms with Crippen molar-refractivity contribution in [3.05, 3.63) is 12.7 Å². The molecule has 7 fully saturated rings. The standard InChI is InChI=1S/C49H79N5O8S/c1-9-35-29-47(35,44(59)51-63(60,61)52(10-2)11-3)31-40(56)38-30-49(45(6,7)48(49)21-17-22-48)32-54(38)43(58)36(46(8)23-26-62-27-24-46)28-39(55)41(34-18-13-12-14-19-34)50-42(57)37-20-15-16-25-53(37)33(4)5/h9,33-38,41H,1,10-32H2,2-8H3,(H,50,57)(H,51,59)/t35-,36-,37+,38+,41+,47-,49-/m1/s1. The molecule has 4 saturated carbocycles. The normalized spacial score (nSPS) is 32.2. The van der Waals surface area contributed by atoms with Crippen LogP contribution in [0.15, 0.2) is 12.7 Å². The van der Waals surface area contributed by atoms with Crippen molar-refractivity contribution in [2.45, 2.75) is 182 Å². The van der Waals surface area contributed by atoms with Crippen LogP contribution < -0.4 is 10.0 Å². The van der Waals surface area contributed by atoms with Crippen LogP contribution in [0.4, 0.5) is 0 Å². The third-order valence-electron chi connectivity index (χ3n) is 18.5. The summed E-state index contributed by atoms with van der Waals surface area (Å²) in [4.78, 5) is 78.4. The second kappa shape index (κ2) is 18.2. The molecule has 13 nitrogen and oxygen atoms in total. The molecule has 0 bridgehead atoms. The van der Waals surface area contributed by atoms with E-state index in [-0.39, 0.29) is 89.5 Å². The van der Waals surface area contributed by atoms with E-state index in [1.165, 1.54) is 4.31 Å². The third-order valence-corrected chi connectivity index (χ3v) is 20.2. The van der Waals surface area contributed by atoms with Crippen LogP contribution in [-0.4, -0.2) is 115 Å². The number of carbonyl (C=O) groups is 5. The Hall–Kier alpha value is -2.68. The number of amides is 3. The highest BCUT2D eigenvalue weighted by atomic mass is 32.2. The van der Waals surface area contributed by atoms with Crippen molar-refractivity contribution in [3.63, 3.8) is 0 Å². The third kappa shape index (κ3) is 8.40. The van der Waals surface area contributed by atoms with Crippen LogP contribution in [-0.2, 0) is 38.9 Å². The molecule has 7 aliphatic rings. The SMILES string of the molecule is C=C[C@@H]1C[C@]1(CC(=O)[C@@H]1C[C@@]2(CN1C(=O)[C@@H](CC(=O)[C@@H](NC(=O)[C@@H]1CCCCN1C(C)C)C1CCCCC1)C1(C)CCOCC1)C(C)(C)C21CCC1)C(=O)NS(=O)(=O)N(CC)CC. The molecule has 7 atom stereocenters. The summed E-state index contributed by atoms with van der Waals surface area (Å²) in [7, 11) is -4.14. The predicted molar refractivity (Wildman–Crippen MR) is 242 cm³/mol. The lowest BCUT2D eigenvalue weighted by molar-refractivity contribution is -0.150. The van der Waals surface area contributed by atoms with Gasteiger partial charge in [-0.15, -0.1) is 6.58 Å². The van der Waals surface area contributed by atoms with Gasteiger partial charge in [0.2, 0.25) is 17.7 Å². The van der Waals surface area contributed by atoms with Crippen LogP contribution in [0.5, 0.6) is 0 Å². The van der Waals surface area contributed by atoms with Crippen molar-refractivity contribution < 1.29 is 37.1 Å². The van der Waals surface area contributed by atoms with Crippen LogP contribution in [0.25, 0.3) is 0 Å². The van der Waals surface area contributed by atoms with Gasteiger partial charge in [0.05, 0.1) is 29.5 Å². The summed E-state index contributed by atoms with van der Waals surface area (Å²) in [5.74, 6) is -2.50. The van der Waals surface area contributed by atoms with Gasteiger partial charge in [-0.3, -0.25) is 28.9 Å². The Kier molecular flexibility index (Phi) is 13.9. The van der Waals surface area contributed by atoms with E-state index in [4.69, 9.17) is 4.74 Å². The molecule has 3 aliphatic heterocycles. The Morgan fingerprint density at radius 3 is 2.06 bits per heavy atom. The highest BCUT2D eigenvalue weighted by Gasteiger charge is 2.85. The molecule has 0 aromatic carbocycles. The molecule has 4 aliphatic carbocycles. The van der Waals surface area contributed by atoms with Crippen LogP contribution in [0.3, 0.4) is 0 Å². The van der Waals surface area contributed by atoms with E-state index < -0.39 is 44.9 Å². The summed E-state index contributed by atoms with van der Waals surface area (Å²) in [5, 5.41) is 3.31. The number of ether oxygens (including phenoxy) is 1. The van der Waals surface area contributed by atoms with Gasteiger partial charge in [-0.1, -0.05) is 72.8 Å². The average Bonchev–Trinajstić information content (AvgIpc) is 3.97. The number of allylic oxidation sites excluding steroid dienone is 1. The maximum absolute atomic E-state index is 15.8. The number of ketones is 2. The Morgan fingerprint density at radius 2 is 1.51 bits per heavy atom. The predicted octanol–water partition coefficient (Wildman–Crippen LogP) is 6.36. The summed E-state index contributed by atoms with van der Waals surface area (Å²) in [6, 6.07) is -1.63. The maximum Gasteiger partial charge on any atom is 0.303 e. The number of likely N-dealkylation sites (tertiary alicyclic amines) is 2. The van der Waals surface area contributed by atoms with Crippen molar-refractivity contribution in [2.24, 2.45) is 44.8 Å².